The molecule has 1 N–H and O–H groups in total. The quantitative estimate of drug-likeness (QED) is 0.788. The Kier molecular flexibility index (Phi) is 6.38. The van der Waals surface area contributed by atoms with Gasteiger partial charge in [-0.25, -0.2) is 8.42 Å². The first-order valence-corrected chi connectivity index (χ1v) is 10.0. The summed E-state index contributed by atoms with van der Waals surface area (Å²) >= 11 is 5.51. The number of benzene rings is 1. The fourth-order valence-electron chi connectivity index (χ4n) is 2.68. The normalized spacial score (nSPS) is 19.5. The van der Waals surface area contributed by atoms with Crippen LogP contribution in [0.5, 0.6) is 0 Å². The molecular formula is C16H24N2O3S2. The van der Waals surface area contributed by atoms with Gasteiger partial charge in [-0.3, -0.25) is 0 Å². The first-order chi connectivity index (χ1) is 10.9. The molecule has 1 aliphatic rings. The highest BCUT2D eigenvalue weighted by molar-refractivity contribution is 7.91. The Morgan fingerprint density at radius 1 is 1.39 bits per heavy atom. The molecule has 1 fully saturated rings. The zero-order chi connectivity index (χ0) is 16.9. The summed E-state index contributed by atoms with van der Waals surface area (Å²) in [5.74, 6) is 0.391. The molecular weight excluding hydrogens is 332 g/mol. The van der Waals surface area contributed by atoms with E-state index in [2.05, 4.69) is 24.4 Å². The lowest BCUT2D eigenvalue weighted by atomic mass is 10.1. The van der Waals surface area contributed by atoms with Crippen LogP contribution >= 0.6 is 12.2 Å². The van der Waals surface area contributed by atoms with Gasteiger partial charge in [0.25, 0.3) is 0 Å². The van der Waals surface area contributed by atoms with Crippen molar-refractivity contribution in [1.82, 2.24) is 4.90 Å². The topological polar surface area (TPSA) is 58.6 Å². The molecule has 23 heavy (non-hydrogen) atoms. The zero-order valence-corrected chi connectivity index (χ0v) is 15.3. The molecule has 0 saturated carbocycles. The van der Waals surface area contributed by atoms with Gasteiger partial charge >= 0.3 is 0 Å². The maximum absolute atomic E-state index is 11.7. The average molecular weight is 357 g/mol. The molecule has 0 aliphatic carbocycles. The molecule has 0 aromatic heterocycles. The lowest BCUT2D eigenvalue weighted by molar-refractivity contribution is 0.166. The van der Waals surface area contributed by atoms with Crippen LogP contribution in [-0.2, 0) is 21.0 Å². The van der Waals surface area contributed by atoms with E-state index < -0.39 is 9.84 Å². The fraction of sp³-hybridized carbons (Fsp3) is 0.562. The van der Waals surface area contributed by atoms with Crippen LogP contribution in [-0.4, -0.2) is 56.2 Å². The Labute approximate surface area is 143 Å². The number of nitrogens with zero attached hydrogens (tertiary/aromatic N) is 1. The number of nitrogens with one attached hydrogen (secondary N) is 1. The number of ether oxygens (including phenoxy) is 1. The van der Waals surface area contributed by atoms with E-state index in [4.69, 9.17) is 17.0 Å². The summed E-state index contributed by atoms with van der Waals surface area (Å²) in [7, 11) is -1.32. The molecule has 128 valence electrons. The van der Waals surface area contributed by atoms with Gasteiger partial charge in [0.05, 0.1) is 18.1 Å². The molecule has 0 unspecified atom stereocenters. The van der Waals surface area contributed by atoms with Crippen molar-refractivity contribution in [3.05, 3.63) is 29.8 Å². The zero-order valence-electron chi connectivity index (χ0n) is 13.6. The van der Waals surface area contributed by atoms with E-state index in [-0.39, 0.29) is 17.5 Å². The van der Waals surface area contributed by atoms with Crippen molar-refractivity contribution in [2.75, 3.05) is 37.1 Å². The molecule has 0 spiro atoms. The highest BCUT2D eigenvalue weighted by Crippen LogP contribution is 2.19. The van der Waals surface area contributed by atoms with Crippen LogP contribution < -0.4 is 5.32 Å². The molecule has 0 amide bonds. The summed E-state index contributed by atoms with van der Waals surface area (Å²) in [4.78, 5) is 1.94. The Bertz CT molecular complexity index is 629. The second-order valence-corrected chi connectivity index (χ2v) is 8.34. The molecule has 1 aromatic carbocycles. The van der Waals surface area contributed by atoms with Gasteiger partial charge in [-0.2, -0.15) is 0 Å². The standard InChI is InChI=1S/C16H24N2O3S2/c1-3-13-4-6-14(7-5-13)17-16(22)18(9-10-21-2)15-8-11-23(19,20)12-15/h4-7,15H,3,8-12H2,1-2H3,(H,17,22)/t15-/m1/s1. The second-order valence-electron chi connectivity index (χ2n) is 5.72. The van der Waals surface area contributed by atoms with Gasteiger partial charge in [0.1, 0.15) is 0 Å². The number of rotatable bonds is 6. The molecule has 2 rings (SSSR count). The van der Waals surface area contributed by atoms with Crippen molar-refractivity contribution in [1.29, 1.82) is 0 Å². The molecule has 1 aliphatic heterocycles. The first-order valence-electron chi connectivity index (χ1n) is 7.81. The fourth-order valence-corrected chi connectivity index (χ4v) is 4.77. The van der Waals surface area contributed by atoms with Gasteiger partial charge < -0.3 is 15.0 Å². The number of hydrogen-bond acceptors (Lipinski definition) is 4. The largest absolute Gasteiger partial charge is 0.383 e. The van der Waals surface area contributed by atoms with Crippen molar-refractivity contribution in [2.24, 2.45) is 0 Å². The Hall–Kier alpha value is -1.18. The highest BCUT2D eigenvalue weighted by atomic mass is 32.2. The van der Waals surface area contributed by atoms with Gasteiger partial charge in [0.2, 0.25) is 0 Å². The number of anilines is 1. The van der Waals surface area contributed by atoms with Gasteiger partial charge in [0, 0.05) is 25.4 Å². The van der Waals surface area contributed by atoms with Crippen LogP contribution in [0.1, 0.15) is 18.9 Å². The number of aryl methyl sites for hydroxylation is 1. The lowest BCUT2D eigenvalue weighted by Gasteiger charge is -2.30. The predicted octanol–water partition coefficient (Wildman–Crippen LogP) is 2.08. The predicted molar refractivity (Wildman–Crippen MR) is 97.7 cm³/mol. The van der Waals surface area contributed by atoms with Gasteiger partial charge in [0.15, 0.2) is 14.9 Å². The van der Waals surface area contributed by atoms with E-state index in [0.717, 1.165) is 12.1 Å². The van der Waals surface area contributed by atoms with Crippen molar-refractivity contribution in [3.63, 3.8) is 0 Å². The summed E-state index contributed by atoms with van der Waals surface area (Å²) in [5, 5.41) is 3.76. The molecule has 1 atom stereocenters. The minimum absolute atomic E-state index is 0.0786. The molecule has 0 bridgehead atoms. The molecule has 1 aromatic rings. The smallest absolute Gasteiger partial charge is 0.173 e. The Morgan fingerprint density at radius 2 is 2.09 bits per heavy atom. The van der Waals surface area contributed by atoms with Gasteiger partial charge in [-0.05, 0) is 42.8 Å². The van der Waals surface area contributed by atoms with Crippen molar-refractivity contribution >= 4 is 32.9 Å². The lowest BCUT2D eigenvalue weighted by Crippen LogP contribution is -2.45. The van der Waals surface area contributed by atoms with Crippen molar-refractivity contribution < 1.29 is 13.2 Å². The molecule has 1 heterocycles. The second kappa shape index (κ2) is 8.08. The molecule has 0 radical (unpaired) electrons. The third kappa shape index (κ3) is 5.16. The van der Waals surface area contributed by atoms with Crippen LogP contribution in [0.2, 0.25) is 0 Å². The van der Waals surface area contributed by atoms with Crippen molar-refractivity contribution in [3.8, 4) is 0 Å². The summed E-state index contributed by atoms with van der Waals surface area (Å²) in [6, 6.07) is 8.02. The van der Waals surface area contributed by atoms with Crippen LogP contribution in [0.4, 0.5) is 5.69 Å². The van der Waals surface area contributed by atoms with E-state index >= 15 is 0 Å². The third-order valence-corrected chi connectivity index (χ3v) is 6.15. The van der Waals surface area contributed by atoms with Crippen LogP contribution in [0.3, 0.4) is 0 Å². The minimum atomic E-state index is -2.95. The Balaban J connectivity index is 2.06. The average Bonchev–Trinajstić information content (AvgIpc) is 2.88. The van der Waals surface area contributed by atoms with Crippen LogP contribution in [0, 0.1) is 0 Å². The summed E-state index contributed by atoms with van der Waals surface area (Å²) in [6.07, 6.45) is 1.60. The number of methoxy groups -OCH3 is 1. The summed E-state index contributed by atoms with van der Waals surface area (Å²) in [5.41, 5.74) is 2.18. The molecule has 7 heteroatoms. The highest BCUT2D eigenvalue weighted by Gasteiger charge is 2.33. The number of sulfone groups is 1. The number of hydrogen-bond donors (Lipinski definition) is 1. The SMILES string of the molecule is CCc1ccc(NC(=S)N(CCOC)[C@@H]2CCS(=O)(=O)C2)cc1. The van der Waals surface area contributed by atoms with E-state index in [0.29, 0.717) is 24.7 Å². The third-order valence-electron chi connectivity index (χ3n) is 4.06. The van der Waals surface area contributed by atoms with Crippen molar-refractivity contribution in [2.45, 2.75) is 25.8 Å². The van der Waals surface area contributed by atoms with E-state index in [1.165, 1.54) is 5.56 Å². The maximum Gasteiger partial charge on any atom is 0.173 e. The van der Waals surface area contributed by atoms with Crippen LogP contribution in [0.15, 0.2) is 24.3 Å². The monoisotopic (exact) mass is 356 g/mol. The van der Waals surface area contributed by atoms with E-state index in [9.17, 15) is 8.42 Å². The summed E-state index contributed by atoms with van der Waals surface area (Å²) < 4.78 is 28.6. The molecule has 1 saturated heterocycles. The Morgan fingerprint density at radius 3 is 2.61 bits per heavy atom. The first kappa shape index (κ1) is 18.2. The number of thiocarbonyl (C=S) groups is 1. The summed E-state index contributed by atoms with van der Waals surface area (Å²) in [6.45, 7) is 3.20. The molecule has 5 nitrogen and oxygen atoms in total. The maximum atomic E-state index is 11.7. The van der Waals surface area contributed by atoms with Gasteiger partial charge in [-0.1, -0.05) is 19.1 Å². The van der Waals surface area contributed by atoms with E-state index in [1.54, 1.807) is 7.11 Å². The minimum Gasteiger partial charge on any atom is -0.383 e. The van der Waals surface area contributed by atoms with Crippen LogP contribution in [0.25, 0.3) is 0 Å². The van der Waals surface area contributed by atoms with Gasteiger partial charge in [-0.15, -0.1) is 0 Å². The van der Waals surface area contributed by atoms with E-state index in [1.807, 2.05) is 17.0 Å².